The Morgan fingerprint density at radius 2 is 1.83 bits per heavy atom. The van der Waals surface area contributed by atoms with E-state index in [0.717, 1.165) is 40.1 Å². The van der Waals surface area contributed by atoms with Gasteiger partial charge in [-0.1, -0.05) is 48.5 Å². The second-order valence-corrected chi connectivity index (χ2v) is 8.75. The fourth-order valence-corrected chi connectivity index (χ4v) is 5.01. The van der Waals surface area contributed by atoms with Gasteiger partial charge in [-0.3, -0.25) is 9.79 Å². The van der Waals surface area contributed by atoms with Crippen LogP contribution in [0.2, 0.25) is 0 Å². The summed E-state index contributed by atoms with van der Waals surface area (Å²) in [6, 6.07) is 22.0. The van der Waals surface area contributed by atoms with Crippen molar-refractivity contribution < 1.29 is 14.3 Å². The molecule has 2 aliphatic rings. The molecule has 3 heterocycles. The number of para-hydroxylation sites is 1. The molecular formula is C29H25N3O3. The third-order valence-electron chi connectivity index (χ3n) is 6.66. The topological polar surface area (TPSA) is 66.9 Å². The van der Waals surface area contributed by atoms with E-state index in [1.165, 1.54) is 10.9 Å². The predicted molar refractivity (Wildman–Crippen MR) is 137 cm³/mol. The molecule has 6 rings (SSSR count). The summed E-state index contributed by atoms with van der Waals surface area (Å²) in [6.45, 7) is 0.846. The van der Waals surface area contributed by atoms with Crippen LogP contribution in [0.1, 0.15) is 34.0 Å². The number of rotatable bonds is 4. The number of fused-ring (bicyclic) bond motifs is 4. The Morgan fingerprint density at radius 3 is 2.69 bits per heavy atom. The van der Waals surface area contributed by atoms with E-state index in [1.807, 2.05) is 59.5 Å². The largest absolute Gasteiger partial charge is 0.454 e. The number of carbonyl (C=O) groups excluding carboxylic acids is 1. The summed E-state index contributed by atoms with van der Waals surface area (Å²) in [5.74, 6) is 1.41. The van der Waals surface area contributed by atoms with Gasteiger partial charge < -0.3 is 19.4 Å². The summed E-state index contributed by atoms with van der Waals surface area (Å²) in [5.41, 5.74) is 6.40. The number of aliphatic imine (C=N–C) groups is 1. The van der Waals surface area contributed by atoms with Gasteiger partial charge in [0.15, 0.2) is 11.5 Å². The summed E-state index contributed by atoms with van der Waals surface area (Å²) in [6.07, 6.45) is 6.13. The van der Waals surface area contributed by atoms with Gasteiger partial charge in [0.05, 0.1) is 6.04 Å². The number of amides is 1. The summed E-state index contributed by atoms with van der Waals surface area (Å²) in [5, 5.41) is 1.21. The van der Waals surface area contributed by atoms with Gasteiger partial charge in [0.25, 0.3) is 0 Å². The molecule has 3 aromatic carbocycles. The van der Waals surface area contributed by atoms with E-state index in [9.17, 15) is 4.79 Å². The van der Waals surface area contributed by atoms with E-state index in [4.69, 9.17) is 9.47 Å². The van der Waals surface area contributed by atoms with Gasteiger partial charge in [-0.25, -0.2) is 0 Å². The lowest BCUT2D eigenvalue weighted by atomic mass is 9.92. The van der Waals surface area contributed by atoms with Crippen molar-refractivity contribution in [3.63, 3.8) is 0 Å². The zero-order valence-corrected chi connectivity index (χ0v) is 19.4. The van der Waals surface area contributed by atoms with Gasteiger partial charge in [0.1, 0.15) is 0 Å². The second kappa shape index (κ2) is 8.80. The van der Waals surface area contributed by atoms with Crippen LogP contribution in [-0.2, 0) is 11.2 Å². The van der Waals surface area contributed by atoms with Gasteiger partial charge in [-0.15, -0.1) is 0 Å². The maximum Gasteiger partial charge on any atom is 0.247 e. The predicted octanol–water partition coefficient (Wildman–Crippen LogP) is 5.13. The lowest BCUT2D eigenvalue weighted by Crippen LogP contribution is -2.39. The Kier molecular flexibility index (Phi) is 5.34. The number of hydrogen-bond acceptors (Lipinski definition) is 4. The summed E-state index contributed by atoms with van der Waals surface area (Å²) >= 11 is 0. The van der Waals surface area contributed by atoms with Crippen molar-refractivity contribution in [3.8, 4) is 11.5 Å². The molecule has 2 aliphatic heterocycles. The molecule has 0 radical (unpaired) electrons. The number of nitrogens with zero attached hydrogens (tertiary/aromatic N) is 2. The number of ether oxygens (including phenoxy) is 2. The fraction of sp³-hybridized carbons (Fsp3) is 0.172. The lowest BCUT2D eigenvalue weighted by Gasteiger charge is -2.35. The first-order valence-electron chi connectivity index (χ1n) is 11.7. The smallest absolute Gasteiger partial charge is 0.247 e. The van der Waals surface area contributed by atoms with Crippen molar-refractivity contribution in [1.29, 1.82) is 0 Å². The maximum atomic E-state index is 13.5. The van der Waals surface area contributed by atoms with E-state index < -0.39 is 0 Å². The van der Waals surface area contributed by atoms with Gasteiger partial charge in [0, 0.05) is 42.5 Å². The van der Waals surface area contributed by atoms with Crippen molar-refractivity contribution in [2.45, 2.75) is 12.5 Å². The first-order chi connectivity index (χ1) is 17.2. The fourth-order valence-electron chi connectivity index (χ4n) is 5.01. The van der Waals surface area contributed by atoms with Gasteiger partial charge in [-0.05, 0) is 52.9 Å². The number of nitrogens with one attached hydrogen (secondary N) is 1. The molecule has 0 spiro atoms. The van der Waals surface area contributed by atoms with Crippen molar-refractivity contribution >= 4 is 29.1 Å². The zero-order valence-electron chi connectivity index (χ0n) is 19.4. The number of carbonyl (C=O) groups is 1. The number of aromatic amines is 1. The molecule has 0 aliphatic carbocycles. The van der Waals surface area contributed by atoms with Crippen LogP contribution >= 0.6 is 0 Å². The third-order valence-corrected chi connectivity index (χ3v) is 6.66. The molecule has 174 valence electrons. The molecule has 4 aromatic rings. The Balaban J connectivity index is 1.37. The van der Waals surface area contributed by atoms with Gasteiger partial charge >= 0.3 is 0 Å². The molecule has 1 unspecified atom stereocenters. The highest BCUT2D eigenvalue weighted by molar-refractivity contribution is 5.93. The van der Waals surface area contributed by atoms with Crippen molar-refractivity contribution in [3.05, 3.63) is 101 Å². The van der Waals surface area contributed by atoms with E-state index in [2.05, 4.69) is 28.2 Å². The van der Waals surface area contributed by atoms with Gasteiger partial charge in [0.2, 0.25) is 12.7 Å². The van der Waals surface area contributed by atoms with E-state index in [-0.39, 0.29) is 18.7 Å². The van der Waals surface area contributed by atoms with Crippen molar-refractivity contribution in [2.75, 3.05) is 20.4 Å². The van der Waals surface area contributed by atoms with Crippen LogP contribution in [0.15, 0.2) is 77.8 Å². The monoisotopic (exact) mass is 463 g/mol. The minimum atomic E-state index is -0.249. The molecule has 1 atom stereocenters. The quantitative estimate of drug-likeness (QED) is 0.337. The Bertz CT molecular complexity index is 1470. The maximum absolute atomic E-state index is 13.5. The van der Waals surface area contributed by atoms with E-state index in [0.29, 0.717) is 12.3 Å². The standard InChI is InChI=1S/C29H25N3O3/c1-30-17-20-8-6-19(7-9-20)10-13-27(33)32-15-14-23-22-4-2-3-5-24(22)31-28(23)29(32)21-11-12-25-26(16-21)35-18-34-25/h2-13,16-17,29,31H,14-15,18H2,1H3. The van der Waals surface area contributed by atoms with Crippen molar-refractivity contribution in [2.24, 2.45) is 4.99 Å². The molecule has 6 heteroatoms. The molecule has 1 amide bonds. The molecule has 0 bridgehead atoms. The molecule has 1 N–H and O–H groups in total. The highest BCUT2D eigenvalue weighted by Gasteiger charge is 2.34. The lowest BCUT2D eigenvalue weighted by molar-refractivity contribution is -0.128. The summed E-state index contributed by atoms with van der Waals surface area (Å²) < 4.78 is 11.2. The normalized spacial score (nSPS) is 16.9. The molecule has 35 heavy (non-hydrogen) atoms. The van der Waals surface area contributed by atoms with Crippen LogP contribution in [-0.4, -0.2) is 42.4 Å². The number of benzene rings is 3. The number of hydrogen-bond donors (Lipinski definition) is 1. The molecule has 6 nitrogen and oxygen atoms in total. The zero-order chi connectivity index (χ0) is 23.8. The average molecular weight is 464 g/mol. The van der Waals surface area contributed by atoms with E-state index in [1.54, 1.807) is 19.3 Å². The molecule has 1 aromatic heterocycles. The van der Waals surface area contributed by atoms with Crippen LogP contribution in [0.5, 0.6) is 11.5 Å². The second-order valence-electron chi connectivity index (χ2n) is 8.75. The van der Waals surface area contributed by atoms with Crippen LogP contribution in [0.25, 0.3) is 17.0 Å². The first kappa shape index (κ1) is 21.2. The van der Waals surface area contributed by atoms with Crippen molar-refractivity contribution in [1.82, 2.24) is 9.88 Å². The minimum absolute atomic E-state index is 0.0313. The highest BCUT2D eigenvalue weighted by atomic mass is 16.7. The number of aromatic nitrogens is 1. The van der Waals surface area contributed by atoms with Gasteiger partial charge in [-0.2, -0.15) is 0 Å². The highest BCUT2D eigenvalue weighted by Crippen LogP contribution is 2.42. The van der Waals surface area contributed by atoms with Crippen LogP contribution in [0.3, 0.4) is 0 Å². The third kappa shape index (κ3) is 3.87. The Morgan fingerprint density at radius 1 is 1.03 bits per heavy atom. The number of H-pyrrole nitrogens is 1. The molecule has 0 saturated carbocycles. The van der Waals surface area contributed by atoms with Crippen LogP contribution < -0.4 is 9.47 Å². The summed E-state index contributed by atoms with van der Waals surface area (Å²) in [7, 11) is 1.75. The van der Waals surface area contributed by atoms with E-state index >= 15 is 0 Å². The summed E-state index contributed by atoms with van der Waals surface area (Å²) in [4.78, 5) is 23.1. The SMILES string of the molecule is CN=Cc1ccc(C=CC(=O)N2CCc3c([nH]c4ccccc34)C2c2ccc3c(c2)OCO3)cc1. The Hall–Kier alpha value is -4.32. The molecule has 0 fully saturated rings. The van der Waals surface area contributed by atoms with Crippen LogP contribution in [0, 0.1) is 0 Å². The molecule has 0 saturated heterocycles. The Labute approximate surface area is 203 Å². The minimum Gasteiger partial charge on any atom is -0.454 e. The molecular weight excluding hydrogens is 438 g/mol. The first-order valence-corrected chi connectivity index (χ1v) is 11.7. The average Bonchev–Trinajstić information content (AvgIpc) is 3.51. The van der Waals surface area contributed by atoms with Crippen LogP contribution in [0.4, 0.5) is 0 Å².